The van der Waals surface area contributed by atoms with Crippen LogP contribution in [0.1, 0.15) is 32.1 Å². The summed E-state index contributed by atoms with van der Waals surface area (Å²) >= 11 is 0. The van der Waals surface area contributed by atoms with Crippen LogP contribution in [0.4, 0.5) is 0 Å². The van der Waals surface area contributed by atoms with Crippen LogP contribution >= 0.6 is 0 Å². The molecule has 1 atom stereocenters. The van der Waals surface area contributed by atoms with Crippen LogP contribution in [-0.2, 0) is 38.1 Å². The van der Waals surface area contributed by atoms with Gasteiger partial charge in [0, 0.05) is 26.1 Å². The van der Waals surface area contributed by atoms with Gasteiger partial charge >= 0.3 is 5.97 Å². The van der Waals surface area contributed by atoms with E-state index in [4.69, 9.17) is 29.8 Å². The van der Waals surface area contributed by atoms with Gasteiger partial charge in [0.15, 0.2) is 0 Å². The largest absolute Gasteiger partial charge is 0.480 e. The lowest BCUT2D eigenvalue weighted by atomic mass is 10.1. The Hall–Kier alpha value is -2.36. The normalized spacial score (nSPS) is 11.6. The number of rotatable bonds is 26. The van der Waals surface area contributed by atoms with Crippen LogP contribution in [0.25, 0.3) is 0 Å². The summed E-state index contributed by atoms with van der Waals surface area (Å²) in [6.45, 7) is 3.43. The van der Waals surface area contributed by atoms with E-state index in [1.54, 1.807) is 0 Å². The molecule has 0 radical (unpaired) electrons. The molecule has 37 heavy (non-hydrogen) atoms. The van der Waals surface area contributed by atoms with Gasteiger partial charge in [-0.15, -0.1) is 0 Å². The maximum atomic E-state index is 11.7. The molecule has 0 saturated carbocycles. The standard InChI is InChI=1S/C23H45N5O9/c1-25-19(23(32)33)5-6-20(29)27-9-11-34-13-16-37-18-22(31)28-10-12-35-14-15-36-17-21(30)26-8-4-2-3-7-24/h19,25H,2-18,24H2,1H3,(H,26,30)(H,27,29)(H,28,31)(H,32,33)/t19-/m0/s1. The molecule has 0 aliphatic heterocycles. The number of likely N-dealkylation sites (N-methyl/N-ethyl adjacent to an activating group) is 1. The first kappa shape index (κ1) is 34.6. The number of carboxylic acids is 1. The van der Waals surface area contributed by atoms with Crippen molar-refractivity contribution in [3.63, 3.8) is 0 Å². The summed E-state index contributed by atoms with van der Waals surface area (Å²) in [5.41, 5.74) is 5.41. The Morgan fingerprint density at radius 2 is 1.22 bits per heavy atom. The molecule has 0 saturated heterocycles. The fourth-order valence-electron chi connectivity index (χ4n) is 2.83. The van der Waals surface area contributed by atoms with Crippen LogP contribution < -0.4 is 27.0 Å². The number of hydrogen-bond donors (Lipinski definition) is 6. The SMILES string of the molecule is CN[C@@H](CCC(=O)NCCOCCOCC(=O)NCCOCCOCC(=O)NCCCCCN)C(=O)O. The number of carbonyl (C=O) groups is 4. The first-order valence-corrected chi connectivity index (χ1v) is 12.6. The third kappa shape index (κ3) is 23.8. The quantitative estimate of drug-likeness (QED) is 0.0668. The fraction of sp³-hybridized carbons (Fsp3) is 0.826. The van der Waals surface area contributed by atoms with Crippen molar-refractivity contribution in [1.29, 1.82) is 0 Å². The first-order chi connectivity index (χ1) is 17.9. The molecule has 216 valence electrons. The molecule has 0 aromatic rings. The lowest BCUT2D eigenvalue weighted by Gasteiger charge is -2.11. The van der Waals surface area contributed by atoms with Crippen LogP contribution in [0.15, 0.2) is 0 Å². The van der Waals surface area contributed by atoms with E-state index in [0.717, 1.165) is 19.3 Å². The molecule has 0 unspecified atom stereocenters. The zero-order chi connectivity index (χ0) is 27.6. The van der Waals surface area contributed by atoms with Crippen LogP contribution in [0.3, 0.4) is 0 Å². The van der Waals surface area contributed by atoms with Gasteiger partial charge in [-0.1, -0.05) is 6.42 Å². The van der Waals surface area contributed by atoms with E-state index in [1.165, 1.54) is 7.05 Å². The van der Waals surface area contributed by atoms with Gasteiger partial charge in [-0.3, -0.25) is 19.2 Å². The Balaban J connectivity index is 3.41. The Morgan fingerprint density at radius 1 is 0.703 bits per heavy atom. The molecular weight excluding hydrogens is 490 g/mol. The topological polar surface area (TPSA) is 200 Å². The summed E-state index contributed by atoms with van der Waals surface area (Å²) in [5, 5.41) is 19.6. The average Bonchev–Trinajstić information content (AvgIpc) is 2.87. The van der Waals surface area contributed by atoms with Crippen molar-refractivity contribution in [2.45, 2.75) is 38.1 Å². The average molecular weight is 536 g/mol. The van der Waals surface area contributed by atoms with E-state index in [-0.39, 0.29) is 70.2 Å². The molecule has 14 heteroatoms. The van der Waals surface area contributed by atoms with Gasteiger partial charge in [0.25, 0.3) is 0 Å². The number of hydrogen-bond acceptors (Lipinski definition) is 10. The van der Waals surface area contributed by atoms with Crippen LogP contribution in [0.2, 0.25) is 0 Å². The second kappa shape index (κ2) is 25.3. The second-order valence-electron chi connectivity index (χ2n) is 7.95. The van der Waals surface area contributed by atoms with Crippen molar-refractivity contribution in [1.82, 2.24) is 21.3 Å². The maximum absolute atomic E-state index is 11.7. The first-order valence-electron chi connectivity index (χ1n) is 12.6. The van der Waals surface area contributed by atoms with E-state index < -0.39 is 12.0 Å². The number of unbranched alkanes of at least 4 members (excludes halogenated alkanes) is 2. The van der Waals surface area contributed by atoms with Crippen LogP contribution in [0, 0.1) is 0 Å². The van der Waals surface area contributed by atoms with Crippen molar-refractivity contribution >= 4 is 23.7 Å². The molecule has 0 fully saturated rings. The summed E-state index contributed by atoms with van der Waals surface area (Å²) in [7, 11) is 1.53. The number of carbonyl (C=O) groups excluding carboxylic acids is 3. The highest BCUT2D eigenvalue weighted by atomic mass is 16.5. The van der Waals surface area contributed by atoms with Crippen molar-refractivity contribution in [2.75, 3.05) is 86.1 Å². The Bertz CT molecular complexity index is 625. The highest BCUT2D eigenvalue weighted by Crippen LogP contribution is 1.97. The number of amides is 3. The van der Waals surface area contributed by atoms with E-state index in [1.807, 2.05) is 0 Å². The monoisotopic (exact) mass is 535 g/mol. The summed E-state index contributed by atoms with van der Waals surface area (Å²) in [4.78, 5) is 45.8. The highest BCUT2D eigenvalue weighted by molar-refractivity contribution is 5.78. The predicted octanol–water partition coefficient (Wildman–Crippen LogP) is -2.02. The molecule has 0 aromatic heterocycles. The molecule has 0 aliphatic carbocycles. The number of nitrogens with two attached hydrogens (primary N) is 1. The molecule has 0 rings (SSSR count). The van der Waals surface area contributed by atoms with Crippen LogP contribution in [-0.4, -0.2) is 121 Å². The summed E-state index contributed by atoms with van der Waals surface area (Å²) in [6.07, 6.45) is 3.14. The minimum Gasteiger partial charge on any atom is -0.480 e. The highest BCUT2D eigenvalue weighted by Gasteiger charge is 2.15. The molecule has 0 heterocycles. The number of ether oxygens (including phenoxy) is 4. The Morgan fingerprint density at radius 3 is 1.73 bits per heavy atom. The van der Waals surface area contributed by atoms with Crippen LogP contribution in [0.5, 0.6) is 0 Å². The van der Waals surface area contributed by atoms with Gasteiger partial charge in [-0.05, 0) is 32.9 Å². The molecule has 0 aromatic carbocycles. The molecule has 0 spiro atoms. The van der Waals surface area contributed by atoms with Gasteiger partial charge in [-0.25, -0.2) is 0 Å². The molecule has 3 amide bonds. The predicted molar refractivity (Wildman–Crippen MR) is 135 cm³/mol. The van der Waals surface area contributed by atoms with Gasteiger partial charge in [0.2, 0.25) is 17.7 Å². The number of carboxylic acid groups (broad SMARTS) is 1. The smallest absolute Gasteiger partial charge is 0.320 e. The molecule has 14 nitrogen and oxygen atoms in total. The van der Waals surface area contributed by atoms with Crippen molar-refractivity contribution in [3.05, 3.63) is 0 Å². The molecular formula is C23H45N5O9. The maximum Gasteiger partial charge on any atom is 0.320 e. The Labute approximate surface area is 218 Å². The fourth-order valence-corrected chi connectivity index (χ4v) is 2.83. The van der Waals surface area contributed by atoms with Gasteiger partial charge < -0.3 is 51.1 Å². The lowest BCUT2D eigenvalue weighted by molar-refractivity contribution is -0.139. The van der Waals surface area contributed by atoms with Crippen molar-refractivity contribution in [3.8, 4) is 0 Å². The Kier molecular flexibility index (Phi) is 23.7. The van der Waals surface area contributed by atoms with E-state index >= 15 is 0 Å². The summed E-state index contributed by atoms with van der Waals surface area (Å²) in [6, 6.07) is -0.753. The third-order valence-electron chi connectivity index (χ3n) is 4.86. The van der Waals surface area contributed by atoms with E-state index in [0.29, 0.717) is 39.4 Å². The third-order valence-corrected chi connectivity index (χ3v) is 4.86. The van der Waals surface area contributed by atoms with Crippen molar-refractivity contribution in [2.24, 2.45) is 5.73 Å². The van der Waals surface area contributed by atoms with Crippen molar-refractivity contribution < 1.29 is 43.2 Å². The lowest BCUT2D eigenvalue weighted by Crippen LogP contribution is -2.36. The van der Waals surface area contributed by atoms with E-state index in [2.05, 4.69) is 21.3 Å². The molecule has 0 aliphatic rings. The minimum atomic E-state index is -0.995. The molecule has 0 bridgehead atoms. The second-order valence-corrected chi connectivity index (χ2v) is 7.95. The number of aliphatic carboxylic acids is 1. The summed E-state index contributed by atoms with van der Waals surface area (Å²) < 4.78 is 21.1. The summed E-state index contributed by atoms with van der Waals surface area (Å²) in [5.74, 6) is -1.69. The zero-order valence-corrected chi connectivity index (χ0v) is 21.9. The minimum absolute atomic E-state index is 0.0153. The van der Waals surface area contributed by atoms with Gasteiger partial charge in [0.05, 0.1) is 39.6 Å². The van der Waals surface area contributed by atoms with Gasteiger partial charge in [0.1, 0.15) is 19.3 Å². The molecule has 7 N–H and O–H groups in total. The van der Waals surface area contributed by atoms with Gasteiger partial charge in [-0.2, -0.15) is 0 Å². The zero-order valence-electron chi connectivity index (χ0n) is 21.9. The number of nitrogens with one attached hydrogen (secondary N) is 4. The van der Waals surface area contributed by atoms with E-state index in [9.17, 15) is 19.2 Å².